The molecule has 0 aliphatic rings. The molecule has 0 fully saturated rings. The number of alkyl carbamates (subject to hydrolysis) is 1. The van der Waals surface area contributed by atoms with Crippen LogP contribution in [-0.2, 0) is 20.7 Å². The quantitative estimate of drug-likeness (QED) is 0.559. The highest BCUT2D eigenvalue weighted by atomic mass is 16.6. The van der Waals surface area contributed by atoms with E-state index in [0.717, 1.165) is 11.1 Å². The Bertz CT molecular complexity index is 920. The molecule has 0 spiro atoms. The summed E-state index contributed by atoms with van der Waals surface area (Å²) in [5, 5.41) is 2.57. The van der Waals surface area contributed by atoms with Gasteiger partial charge in [-0.15, -0.1) is 0 Å². The highest BCUT2D eigenvalue weighted by Gasteiger charge is 2.25. The second-order valence-electron chi connectivity index (χ2n) is 7.97. The van der Waals surface area contributed by atoms with Crippen LogP contribution >= 0.6 is 0 Å². The van der Waals surface area contributed by atoms with E-state index in [1.165, 1.54) is 7.11 Å². The van der Waals surface area contributed by atoms with Gasteiger partial charge in [-0.2, -0.15) is 0 Å². The van der Waals surface area contributed by atoms with Crippen LogP contribution in [-0.4, -0.2) is 36.9 Å². The molecular formula is C25H29NO5. The number of amides is 1. The summed E-state index contributed by atoms with van der Waals surface area (Å²) in [5.74, 6) is 6.25. The van der Waals surface area contributed by atoms with Crippen LogP contribution in [0.15, 0.2) is 54.6 Å². The molecule has 0 heterocycles. The lowest BCUT2D eigenvalue weighted by Gasteiger charge is -2.22. The zero-order valence-electron chi connectivity index (χ0n) is 18.6. The van der Waals surface area contributed by atoms with Crippen molar-refractivity contribution in [3.05, 3.63) is 65.7 Å². The molecule has 0 saturated heterocycles. The van der Waals surface area contributed by atoms with Crippen LogP contribution in [0.5, 0.6) is 5.75 Å². The average Bonchev–Trinajstić information content (AvgIpc) is 2.72. The molecule has 0 aliphatic carbocycles. The van der Waals surface area contributed by atoms with Crippen LogP contribution in [0, 0.1) is 11.8 Å². The van der Waals surface area contributed by atoms with E-state index < -0.39 is 23.7 Å². The van der Waals surface area contributed by atoms with Crippen molar-refractivity contribution in [1.82, 2.24) is 5.32 Å². The van der Waals surface area contributed by atoms with Crippen LogP contribution in [0.3, 0.4) is 0 Å². The number of carbonyl (C=O) groups excluding carboxylic acids is 2. The minimum absolute atomic E-state index is 0.259. The lowest BCUT2D eigenvalue weighted by molar-refractivity contribution is -0.143. The van der Waals surface area contributed by atoms with E-state index >= 15 is 0 Å². The summed E-state index contributed by atoms with van der Waals surface area (Å²) in [6.07, 6.45) is -0.702. The Kier molecular flexibility index (Phi) is 8.51. The molecule has 2 atom stereocenters. The third kappa shape index (κ3) is 8.83. The number of hydrogen-bond donors (Lipinski definition) is 1. The lowest BCUT2D eigenvalue weighted by Crippen LogP contribution is -2.45. The number of nitrogens with one attached hydrogen (secondary N) is 1. The highest BCUT2D eigenvalue weighted by molar-refractivity contribution is 5.81. The number of benzene rings is 2. The standard InChI is InChI=1S/C25H29NO5/c1-18(11-12-19-9-7-6-8-10-19)30-21-15-13-20(14-16-21)17-22(23(27)29-5)26-24(28)31-25(2,3)4/h6-10,13-16,18,22H,17H2,1-5H3,(H,26,28). The Morgan fingerprint density at radius 3 is 2.26 bits per heavy atom. The fourth-order valence-electron chi connectivity index (χ4n) is 2.67. The van der Waals surface area contributed by atoms with Crippen molar-refractivity contribution in [2.24, 2.45) is 0 Å². The Labute approximate surface area is 183 Å². The van der Waals surface area contributed by atoms with Gasteiger partial charge in [0.1, 0.15) is 17.4 Å². The Morgan fingerprint density at radius 2 is 1.68 bits per heavy atom. The van der Waals surface area contributed by atoms with Crippen molar-refractivity contribution in [1.29, 1.82) is 0 Å². The van der Waals surface area contributed by atoms with E-state index in [4.69, 9.17) is 14.2 Å². The summed E-state index contributed by atoms with van der Waals surface area (Å²) in [4.78, 5) is 24.1. The zero-order valence-corrected chi connectivity index (χ0v) is 18.6. The largest absolute Gasteiger partial charge is 0.478 e. The van der Waals surface area contributed by atoms with Gasteiger partial charge in [-0.3, -0.25) is 0 Å². The first-order chi connectivity index (χ1) is 14.7. The molecule has 6 heteroatoms. The fraction of sp³-hybridized carbons (Fsp3) is 0.360. The van der Waals surface area contributed by atoms with Crippen molar-refractivity contribution < 1.29 is 23.8 Å². The monoisotopic (exact) mass is 423 g/mol. The van der Waals surface area contributed by atoms with Gasteiger partial charge in [-0.05, 0) is 57.5 Å². The van der Waals surface area contributed by atoms with E-state index in [1.807, 2.05) is 49.4 Å². The number of methoxy groups -OCH3 is 1. The van der Waals surface area contributed by atoms with Gasteiger partial charge in [-0.1, -0.05) is 42.2 Å². The highest BCUT2D eigenvalue weighted by Crippen LogP contribution is 2.16. The summed E-state index contributed by atoms with van der Waals surface area (Å²) < 4.78 is 15.9. The van der Waals surface area contributed by atoms with Gasteiger partial charge in [0.2, 0.25) is 0 Å². The molecule has 6 nitrogen and oxygen atoms in total. The van der Waals surface area contributed by atoms with Crippen molar-refractivity contribution in [3.63, 3.8) is 0 Å². The summed E-state index contributed by atoms with van der Waals surface area (Å²) in [6.45, 7) is 7.14. The van der Waals surface area contributed by atoms with Crippen molar-refractivity contribution >= 4 is 12.1 Å². The van der Waals surface area contributed by atoms with Crippen molar-refractivity contribution in [2.45, 2.75) is 51.9 Å². The van der Waals surface area contributed by atoms with Gasteiger partial charge in [0.25, 0.3) is 0 Å². The maximum Gasteiger partial charge on any atom is 0.408 e. The topological polar surface area (TPSA) is 73.9 Å². The predicted octanol–water partition coefficient (Wildman–Crippen LogP) is 4.11. The van der Waals surface area contributed by atoms with Gasteiger partial charge < -0.3 is 19.5 Å². The molecule has 2 aromatic rings. The first kappa shape index (κ1) is 23.8. The first-order valence-electron chi connectivity index (χ1n) is 10.1. The van der Waals surface area contributed by atoms with Crippen molar-refractivity contribution in [2.75, 3.05) is 7.11 Å². The number of rotatable bonds is 6. The number of hydrogen-bond acceptors (Lipinski definition) is 5. The molecule has 0 radical (unpaired) electrons. The van der Waals surface area contributed by atoms with Gasteiger partial charge in [0, 0.05) is 12.0 Å². The molecule has 31 heavy (non-hydrogen) atoms. The normalized spacial score (nSPS) is 12.5. The first-order valence-corrected chi connectivity index (χ1v) is 10.1. The summed E-state index contributed by atoms with van der Waals surface area (Å²) >= 11 is 0. The van der Waals surface area contributed by atoms with Crippen LogP contribution in [0.4, 0.5) is 4.79 Å². The minimum Gasteiger partial charge on any atom is -0.478 e. The third-order valence-electron chi connectivity index (χ3n) is 4.05. The fourth-order valence-corrected chi connectivity index (χ4v) is 2.67. The maximum atomic E-state index is 12.1. The molecule has 0 aliphatic heterocycles. The van der Waals surface area contributed by atoms with E-state index in [-0.39, 0.29) is 12.5 Å². The molecule has 2 rings (SSSR count). The molecule has 2 aromatic carbocycles. The zero-order chi connectivity index (χ0) is 22.9. The molecule has 0 bridgehead atoms. The predicted molar refractivity (Wildman–Crippen MR) is 119 cm³/mol. The molecule has 1 amide bonds. The summed E-state index contributed by atoms with van der Waals surface area (Å²) in [5.41, 5.74) is 1.10. The average molecular weight is 424 g/mol. The van der Waals surface area contributed by atoms with E-state index in [2.05, 4.69) is 17.2 Å². The van der Waals surface area contributed by atoms with Crippen LogP contribution < -0.4 is 10.1 Å². The molecule has 1 N–H and O–H groups in total. The summed E-state index contributed by atoms with van der Waals surface area (Å²) in [7, 11) is 1.28. The number of esters is 1. The molecule has 0 aromatic heterocycles. The van der Waals surface area contributed by atoms with Gasteiger partial charge in [0.05, 0.1) is 7.11 Å². The van der Waals surface area contributed by atoms with E-state index in [1.54, 1.807) is 32.9 Å². The molecular weight excluding hydrogens is 394 g/mol. The third-order valence-corrected chi connectivity index (χ3v) is 4.05. The van der Waals surface area contributed by atoms with Crippen LogP contribution in [0.2, 0.25) is 0 Å². The van der Waals surface area contributed by atoms with E-state index in [9.17, 15) is 9.59 Å². The van der Waals surface area contributed by atoms with Gasteiger partial charge >= 0.3 is 12.1 Å². The summed E-state index contributed by atoms with van der Waals surface area (Å²) in [6, 6.07) is 16.1. The Morgan fingerprint density at radius 1 is 1.03 bits per heavy atom. The molecule has 0 saturated carbocycles. The second kappa shape index (κ2) is 11.1. The Hall–Kier alpha value is -3.46. The van der Waals surface area contributed by atoms with Gasteiger partial charge in [-0.25, -0.2) is 9.59 Å². The molecule has 2 unspecified atom stereocenters. The Balaban J connectivity index is 1.97. The van der Waals surface area contributed by atoms with Crippen molar-refractivity contribution in [3.8, 4) is 17.6 Å². The number of ether oxygens (including phenoxy) is 3. The number of carbonyl (C=O) groups is 2. The van der Waals surface area contributed by atoms with Crippen LogP contribution in [0.25, 0.3) is 0 Å². The minimum atomic E-state index is -0.859. The van der Waals surface area contributed by atoms with E-state index in [0.29, 0.717) is 5.75 Å². The maximum absolute atomic E-state index is 12.1. The molecule has 164 valence electrons. The SMILES string of the molecule is COC(=O)C(Cc1ccc(OC(C)C#Cc2ccccc2)cc1)NC(=O)OC(C)(C)C. The lowest BCUT2D eigenvalue weighted by atomic mass is 10.1. The second-order valence-corrected chi connectivity index (χ2v) is 7.97. The smallest absolute Gasteiger partial charge is 0.408 e. The van der Waals surface area contributed by atoms with Crippen LogP contribution in [0.1, 0.15) is 38.8 Å². The van der Waals surface area contributed by atoms with Gasteiger partial charge in [0.15, 0.2) is 6.10 Å².